The number of carbonyl (C=O) groups excluding carboxylic acids is 1. The van der Waals surface area contributed by atoms with Crippen LogP contribution in [0.25, 0.3) is 0 Å². The highest BCUT2D eigenvalue weighted by molar-refractivity contribution is 5.85. The molecule has 1 amide bonds. The molecule has 0 aromatic carbocycles. The van der Waals surface area contributed by atoms with Gasteiger partial charge in [-0.1, -0.05) is 25.7 Å². The molecule has 94 valence electrons. The fraction of sp³-hybridized carbons (Fsp3) is 0.917. The van der Waals surface area contributed by atoms with Gasteiger partial charge in [0.15, 0.2) is 0 Å². The highest BCUT2D eigenvalue weighted by atomic mass is 35.5. The van der Waals surface area contributed by atoms with Crippen LogP contribution >= 0.6 is 12.4 Å². The van der Waals surface area contributed by atoms with E-state index in [1.807, 2.05) is 0 Å². The van der Waals surface area contributed by atoms with Crippen molar-refractivity contribution < 1.29 is 4.79 Å². The monoisotopic (exact) mass is 246 g/mol. The minimum atomic E-state index is 0. The van der Waals surface area contributed by atoms with Gasteiger partial charge < -0.3 is 10.6 Å². The molecular weight excluding hydrogens is 224 g/mol. The molecule has 0 spiro atoms. The molecule has 0 radical (unpaired) electrons. The maximum Gasteiger partial charge on any atom is 0.224 e. The highest BCUT2D eigenvalue weighted by Gasteiger charge is 2.22. The molecule has 2 fully saturated rings. The Kier molecular flexibility index (Phi) is 6.14. The van der Waals surface area contributed by atoms with Gasteiger partial charge >= 0.3 is 0 Å². The van der Waals surface area contributed by atoms with Crippen LogP contribution in [0.1, 0.15) is 38.5 Å². The molecule has 1 unspecified atom stereocenters. The number of hydrogen-bond acceptors (Lipinski definition) is 2. The van der Waals surface area contributed by atoms with E-state index in [1.54, 1.807) is 0 Å². The lowest BCUT2D eigenvalue weighted by molar-refractivity contribution is -0.124. The lowest BCUT2D eigenvalue weighted by atomic mass is 10.0. The van der Waals surface area contributed by atoms with E-state index in [2.05, 4.69) is 10.6 Å². The van der Waals surface area contributed by atoms with Crippen molar-refractivity contribution in [2.75, 3.05) is 19.6 Å². The Bertz CT molecular complexity index is 211. The number of rotatable bonds is 4. The van der Waals surface area contributed by atoms with Crippen molar-refractivity contribution in [3.63, 3.8) is 0 Å². The van der Waals surface area contributed by atoms with Crippen molar-refractivity contribution in [2.24, 2.45) is 11.8 Å². The summed E-state index contributed by atoms with van der Waals surface area (Å²) >= 11 is 0. The number of amides is 1. The van der Waals surface area contributed by atoms with Crippen LogP contribution in [0, 0.1) is 11.8 Å². The van der Waals surface area contributed by atoms with Crippen LogP contribution < -0.4 is 10.6 Å². The summed E-state index contributed by atoms with van der Waals surface area (Å²) in [6.45, 7) is 2.76. The van der Waals surface area contributed by atoms with Crippen LogP contribution in [-0.4, -0.2) is 25.5 Å². The van der Waals surface area contributed by atoms with Gasteiger partial charge in [-0.2, -0.15) is 0 Å². The Hall–Kier alpha value is -0.280. The second-order valence-corrected chi connectivity index (χ2v) is 4.92. The number of nitrogens with one attached hydrogen (secondary N) is 2. The topological polar surface area (TPSA) is 41.1 Å². The van der Waals surface area contributed by atoms with E-state index in [0.717, 1.165) is 32.0 Å². The molecule has 4 heteroatoms. The average molecular weight is 247 g/mol. The minimum absolute atomic E-state index is 0. The highest BCUT2D eigenvalue weighted by Crippen LogP contribution is 2.26. The Morgan fingerprint density at radius 3 is 2.62 bits per heavy atom. The van der Waals surface area contributed by atoms with E-state index in [-0.39, 0.29) is 24.2 Å². The average Bonchev–Trinajstić information content (AvgIpc) is 2.90. The van der Waals surface area contributed by atoms with Gasteiger partial charge in [0.2, 0.25) is 5.91 Å². The van der Waals surface area contributed by atoms with Crippen molar-refractivity contribution in [3.8, 4) is 0 Å². The first-order chi connectivity index (χ1) is 7.36. The predicted molar refractivity (Wildman–Crippen MR) is 67.8 cm³/mol. The first kappa shape index (κ1) is 13.8. The number of carbonyl (C=O) groups is 1. The lowest BCUT2D eigenvalue weighted by Crippen LogP contribution is -2.33. The third-order valence-corrected chi connectivity index (χ3v) is 3.76. The molecule has 3 nitrogen and oxygen atoms in total. The standard InChI is InChI=1S/C12H22N2O.ClH/c15-12(11-6-7-13-9-11)14-8-5-10-3-1-2-4-10;/h10-11,13H,1-9H2,(H,14,15);1H. The molecular formula is C12H23ClN2O. The number of hydrogen-bond donors (Lipinski definition) is 2. The van der Waals surface area contributed by atoms with Gasteiger partial charge in [-0.15, -0.1) is 12.4 Å². The van der Waals surface area contributed by atoms with Crippen LogP contribution in [0.3, 0.4) is 0 Å². The second-order valence-electron chi connectivity index (χ2n) is 4.92. The van der Waals surface area contributed by atoms with E-state index in [0.29, 0.717) is 0 Å². The fourth-order valence-electron chi connectivity index (χ4n) is 2.72. The molecule has 2 N–H and O–H groups in total. The van der Waals surface area contributed by atoms with Gasteiger partial charge in [0.1, 0.15) is 0 Å². The van der Waals surface area contributed by atoms with Gasteiger partial charge in [0.05, 0.1) is 5.92 Å². The van der Waals surface area contributed by atoms with Crippen molar-refractivity contribution in [1.29, 1.82) is 0 Å². The molecule has 2 aliphatic rings. The summed E-state index contributed by atoms with van der Waals surface area (Å²) in [6.07, 6.45) is 7.74. The van der Waals surface area contributed by atoms with Crippen molar-refractivity contribution in [3.05, 3.63) is 0 Å². The molecule has 0 aromatic heterocycles. The van der Waals surface area contributed by atoms with Crippen LogP contribution in [0.5, 0.6) is 0 Å². The van der Waals surface area contributed by atoms with E-state index >= 15 is 0 Å². The third-order valence-electron chi connectivity index (χ3n) is 3.76. The summed E-state index contributed by atoms with van der Waals surface area (Å²) in [7, 11) is 0. The normalized spacial score (nSPS) is 25.4. The molecule has 1 atom stereocenters. The maximum absolute atomic E-state index is 11.7. The zero-order chi connectivity index (χ0) is 10.5. The van der Waals surface area contributed by atoms with Gasteiger partial charge in [0, 0.05) is 13.1 Å². The molecule has 0 bridgehead atoms. The quantitative estimate of drug-likeness (QED) is 0.793. The SMILES string of the molecule is Cl.O=C(NCCC1CCCC1)C1CCNC1. The van der Waals surface area contributed by atoms with Gasteiger partial charge in [-0.05, 0) is 25.3 Å². The van der Waals surface area contributed by atoms with Crippen LogP contribution in [-0.2, 0) is 4.79 Å². The molecule has 1 aliphatic carbocycles. The Labute approximate surface area is 104 Å². The van der Waals surface area contributed by atoms with Gasteiger partial charge in [0.25, 0.3) is 0 Å². The summed E-state index contributed by atoms with van der Waals surface area (Å²) in [6, 6.07) is 0. The van der Waals surface area contributed by atoms with Gasteiger partial charge in [-0.3, -0.25) is 4.79 Å². The van der Waals surface area contributed by atoms with Crippen LogP contribution in [0.4, 0.5) is 0 Å². The molecule has 0 aromatic rings. The largest absolute Gasteiger partial charge is 0.356 e. The van der Waals surface area contributed by atoms with Crippen molar-refractivity contribution in [1.82, 2.24) is 10.6 Å². The summed E-state index contributed by atoms with van der Waals surface area (Å²) < 4.78 is 0. The molecule has 1 aliphatic heterocycles. The maximum atomic E-state index is 11.7. The van der Waals surface area contributed by atoms with E-state index in [1.165, 1.54) is 32.1 Å². The predicted octanol–water partition coefficient (Wildman–Crippen LogP) is 1.71. The minimum Gasteiger partial charge on any atom is -0.356 e. The molecule has 1 saturated heterocycles. The zero-order valence-electron chi connectivity index (χ0n) is 9.84. The molecule has 2 rings (SSSR count). The van der Waals surface area contributed by atoms with E-state index in [4.69, 9.17) is 0 Å². The Balaban J connectivity index is 0.00000128. The lowest BCUT2D eigenvalue weighted by Gasteiger charge is -2.12. The molecule has 16 heavy (non-hydrogen) atoms. The number of halogens is 1. The zero-order valence-corrected chi connectivity index (χ0v) is 10.7. The van der Waals surface area contributed by atoms with Crippen molar-refractivity contribution >= 4 is 18.3 Å². The third kappa shape index (κ3) is 3.95. The summed E-state index contributed by atoms with van der Waals surface area (Å²) in [4.78, 5) is 11.7. The van der Waals surface area contributed by atoms with Gasteiger partial charge in [-0.25, -0.2) is 0 Å². The Morgan fingerprint density at radius 1 is 1.25 bits per heavy atom. The summed E-state index contributed by atoms with van der Waals surface area (Å²) in [5.41, 5.74) is 0. The smallest absolute Gasteiger partial charge is 0.224 e. The van der Waals surface area contributed by atoms with Crippen LogP contribution in [0.15, 0.2) is 0 Å². The second kappa shape index (κ2) is 7.13. The van der Waals surface area contributed by atoms with Crippen molar-refractivity contribution in [2.45, 2.75) is 38.5 Å². The summed E-state index contributed by atoms with van der Waals surface area (Å²) in [5, 5.41) is 6.30. The first-order valence-corrected chi connectivity index (χ1v) is 6.34. The molecule has 1 saturated carbocycles. The van der Waals surface area contributed by atoms with Crippen LogP contribution in [0.2, 0.25) is 0 Å². The van der Waals surface area contributed by atoms with E-state index < -0.39 is 0 Å². The molecule has 1 heterocycles. The summed E-state index contributed by atoms with van der Waals surface area (Å²) in [5.74, 6) is 1.37. The fourth-order valence-corrected chi connectivity index (χ4v) is 2.72. The first-order valence-electron chi connectivity index (χ1n) is 6.34. The van der Waals surface area contributed by atoms with E-state index in [9.17, 15) is 4.79 Å². The Morgan fingerprint density at radius 2 is 2.00 bits per heavy atom.